The zero-order valence-corrected chi connectivity index (χ0v) is 43.3. The summed E-state index contributed by atoms with van der Waals surface area (Å²) in [6.07, 6.45) is 9.49. The summed E-state index contributed by atoms with van der Waals surface area (Å²) >= 11 is 0. The van der Waals surface area contributed by atoms with E-state index in [1.807, 2.05) is 24.3 Å². The number of phenolic OH excluding ortho intramolecular Hbond substituents is 1. The first-order valence-electron chi connectivity index (χ1n) is 28.0. The second-order valence-electron chi connectivity index (χ2n) is 23.8. The lowest BCUT2D eigenvalue weighted by Crippen LogP contribution is -2.66. The molecule has 3 heterocycles. The summed E-state index contributed by atoms with van der Waals surface area (Å²) in [5, 5.41) is 65.2. The van der Waals surface area contributed by atoms with Gasteiger partial charge in [-0.25, -0.2) is 4.79 Å². The molecule has 12 nitrogen and oxygen atoms in total. The van der Waals surface area contributed by atoms with E-state index in [0.29, 0.717) is 90.0 Å². The Hall–Kier alpha value is -5.03. The lowest BCUT2D eigenvalue weighted by Gasteiger charge is -2.59. The van der Waals surface area contributed by atoms with Crippen molar-refractivity contribution in [1.29, 1.82) is 0 Å². The normalized spacial score (nSPS) is 31.7. The maximum atomic E-state index is 16.1. The number of nitrogens with one attached hydrogen (secondary N) is 1. The quantitative estimate of drug-likeness (QED) is 0.0680. The number of aryl methyl sites for hydroxylation is 1. The van der Waals surface area contributed by atoms with E-state index in [2.05, 4.69) is 35.4 Å². The molecular formula is C62H75NO11. The molecule has 3 aliphatic heterocycles. The Labute approximate surface area is 435 Å². The maximum Gasteiger partial charge on any atom is 0.334 e. The summed E-state index contributed by atoms with van der Waals surface area (Å²) in [4.78, 5) is 44.4. The molecule has 0 amide bonds. The molecule has 0 spiro atoms. The van der Waals surface area contributed by atoms with Crippen LogP contribution in [0.25, 0.3) is 0 Å². The lowest BCUT2D eigenvalue weighted by atomic mass is 9.48. The van der Waals surface area contributed by atoms with Gasteiger partial charge in [0, 0.05) is 80.2 Å². The number of esters is 2. The molecule has 12 heteroatoms. The van der Waals surface area contributed by atoms with Crippen molar-refractivity contribution in [3.8, 4) is 23.3 Å². The number of ether oxygens (including phenoxy) is 3. The number of hydrogen-bond donors (Lipinski definition) is 6. The molecule has 394 valence electrons. The molecule has 4 saturated carbocycles. The zero-order valence-electron chi connectivity index (χ0n) is 43.3. The van der Waals surface area contributed by atoms with Crippen molar-refractivity contribution in [2.45, 2.75) is 183 Å². The average molecular weight is 1010 g/mol. The van der Waals surface area contributed by atoms with Gasteiger partial charge in [0.05, 0.1) is 30.7 Å². The van der Waals surface area contributed by atoms with Gasteiger partial charge in [0.25, 0.3) is 0 Å². The molecular weight excluding hydrogens is 935 g/mol. The minimum Gasteiger partial charge on any atom is -0.507 e. The summed E-state index contributed by atoms with van der Waals surface area (Å²) in [6, 6.07) is 13.9. The zero-order chi connectivity index (χ0) is 51.5. The fourth-order valence-electron chi connectivity index (χ4n) is 15.3. The molecule has 11 unspecified atom stereocenters. The van der Waals surface area contributed by atoms with Crippen LogP contribution in [0.4, 0.5) is 5.69 Å². The van der Waals surface area contributed by atoms with E-state index in [9.17, 15) is 35.1 Å². The predicted molar refractivity (Wildman–Crippen MR) is 279 cm³/mol. The highest BCUT2D eigenvalue weighted by Gasteiger charge is 2.62. The largest absolute Gasteiger partial charge is 0.507 e. The Morgan fingerprint density at radius 2 is 1.64 bits per heavy atom. The summed E-state index contributed by atoms with van der Waals surface area (Å²) in [5.74, 6) is 4.02. The smallest absolute Gasteiger partial charge is 0.334 e. The third-order valence-corrected chi connectivity index (χ3v) is 19.2. The van der Waals surface area contributed by atoms with Crippen molar-refractivity contribution in [1.82, 2.24) is 0 Å². The van der Waals surface area contributed by atoms with E-state index in [1.54, 1.807) is 14.0 Å². The van der Waals surface area contributed by atoms with Gasteiger partial charge in [0.1, 0.15) is 29.0 Å². The van der Waals surface area contributed by atoms with E-state index >= 15 is 4.79 Å². The number of aliphatic hydroxyl groups is 4. The van der Waals surface area contributed by atoms with Crippen molar-refractivity contribution >= 4 is 23.4 Å². The van der Waals surface area contributed by atoms with Crippen LogP contribution in [0.3, 0.4) is 0 Å². The number of ketones is 1. The van der Waals surface area contributed by atoms with Crippen LogP contribution >= 0.6 is 0 Å². The molecule has 74 heavy (non-hydrogen) atoms. The van der Waals surface area contributed by atoms with Crippen molar-refractivity contribution in [3.63, 3.8) is 0 Å². The van der Waals surface area contributed by atoms with Crippen molar-refractivity contribution in [3.05, 3.63) is 98.1 Å². The van der Waals surface area contributed by atoms with Gasteiger partial charge in [-0.15, -0.1) is 0 Å². The topological polar surface area (TPSA) is 192 Å². The number of hydrogen-bond acceptors (Lipinski definition) is 12. The fraction of sp³-hybridized carbons (Fsp3) is 0.597. The van der Waals surface area contributed by atoms with Gasteiger partial charge < -0.3 is 45.1 Å². The summed E-state index contributed by atoms with van der Waals surface area (Å²) in [5.41, 5.74) is 4.84. The van der Waals surface area contributed by atoms with Crippen LogP contribution in [0.2, 0.25) is 0 Å². The number of aromatic hydroxyl groups is 1. The minimum atomic E-state index is -1.59. The molecule has 3 aromatic carbocycles. The highest BCUT2D eigenvalue weighted by Crippen LogP contribution is 2.59. The first kappa shape index (κ1) is 51.1. The molecule has 0 aromatic heterocycles. The van der Waals surface area contributed by atoms with Crippen LogP contribution < -0.4 is 10.1 Å². The summed E-state index contributed by atoms with van der Waals surface area (Å²) < 4.78 is 18.6. The van der Waals surface area contributed by atoms with Gasteiger partial charge in [-0.1, -0.05) is 74.6 Å². The van der Waals surface area contributed by atoms with Gasteiger partial charge in [0.15, 0.2) is 0 Å². The van der Waals surface area contributed by atoms with Gasteiger partial charge >= 0.3 is 11.9 Å². The highest BCUT2D eigenvalue weighted by atomic mass is 16.6. The van der Waals surface area contributed by atoms with E-state index in [0.717, 1.165) is 80.9 Å². The second-order valence-corrected chi connectivity index (χ2v) is 23.8. The number of Topliss-reactive ketones (excluding diaryl/α,β-unsaturated/α-hetero) is 1. The monoisotopic (exact) mass is 1010 g/mol. The van der Waals surface area contributed by atoms with Crippen molar-refractivity contribution < 1.29 is 54.1 Å². The van der Waals surface area contributed by atoms with E-state index in [4.69, 9.17) is 14.2 Å². The average Bonchev–Trinajstić information content (AvgIpc) is 3.55. The molecule has 11 bridgehead atoms. The number of carbonyl (C=O) groups is 3. The van der Waals surface area contributed by atoms with Crippen LogP contribution in [0.15, 0.2) is 53.6 Å². The fourth-order valence-corrected chi connectivity index (χ4v) is 15.3. The molecule has 0 radical (unpaired) electrons. The minimum absolute atomic E-state index is 0.000287. The van der Waals surface area contributed by atoms with Crippen molar-refractivity contribution in [2.24, 2.45) is 29.6 Å². The van der Waals surface area contributed by atoms with Crippen molar-refractivity contribution in [2.75, 3.05) is 25.6 Å². The molecule has 4 fully saturated rings. The standard InChI is InChI=1S/C62H75NO11/c1-61(70,20-21-72-2)34-63-45-24-36(33-64)23-42(26-45)39-14-15-40-32-56(67)74-59-47(40)29-44(58(68)57(59)38-8-4-3-5-9-38)31-55-62(71)51-11-7-6-10-41(51)28-48-49(53(65)19-18-52(48)62)25-35-12-13-37-16-17-46(50(27-39)60(69)73-55)54(66)30-43(37)22-35/h12-13,22-24,26,29,38-41,48-49,51-52,54-55,63-64,66,68,70-71H,3-11,16-21,25,27-28,30-34H2,1-2H3. The number of aliphatic hydroxyl groups excluding tert-OH is 2. The van der Waals surface area contributed by atoms with Crippen LogP contribution in [0.5, 0.6) is 11.5 Å². The Morgan fingerprint density at radius 3 is 2.45 bits per heavy atom. The van der Waals surface area contributed by atoms with Crippen LogP contribution in [-0.2, 0) is 56.1 Å². The van der Waals surface area contributed by atoms with Gasteiger partial charge in [0.2, 0.25) is 0 Å². The Kier molecular flexibility index (Phi) is 14.4. The molecule has 6 N–H and O–H groups in total. The third kappa shape index (κ3) is 9.74. The van der Waals surface area contributed by atoms with Crippen LogP contribution in [0, 0.1) is 41.4 Å². The predicted octanol–water partition coefficient (Wildman–Crippen LogP) is 8.72. The van der Waals surface area contributed by atoms with E-state index < -0.39 is 47.2 Å². The number of carbonyl (C=O) groups excluding carboxylic acids is 3. The van der Waals surface area contributed by atoms with Gasteiger partial charge in [-0.2, -0.15) is 0 Å². The van der Waals surface area contributed by atoms with E-state index in [1.165, 1.54) is 0 Å². The second kappa shape index (κ2) is 20.8. The Morgan fingerprint density at radius 1 is 0.838 bits per heavy atom. The third-order valence-electron chi connectivity index (χ3n) is 19.2. The van der Waals surface area contributed by atoms with Gasteiger partial charge in [-0.05, 0) is 151 Å². The van der Waals surface area contributed by atoms with E-state index in [-0.39, 0.29) is 91.4 Å². The molecule has 5 aliphatic carbocycles. The number of rotatable bonds is 9. The Balaban J connectivity index is 1.15. The first-order chi connectivity index (χ1) is 35.7. The number of methoxy groups -OCH3 is 1. The van der Waals surface area contributed by atoms with Gasteiger partial charge in [-0.3, -0.25) is 9.59 Å². The summed E-state index contributed by atoms with van der Waals surface area (Å²) in [6.45, 7) is 1.98. The Bertz CT molecular complexity index is 2780. The number of fused-ring (bicyclic) bond motifs is 10. The summed E-state index contributed by atoms with van der Waals surface area (Å²) in [7, 11) is 1.59. The molecule has 3 aromatic rings. The first-order valence-corrected chi connectivity index (χ1v) is 28.0. The highest BCUT2D eigenvalue weighted by molar-refractivity contribution is 5.90. The molecule has 11 atom stereocenters. The SMILES string of the molecule is COCCC(C)(O)CNc1cc(CO)cc(C2C#CC3CC(=O)Oc4c3cc(c(O)c4C3CCCCC3)CC3OC(=O)C(=C4CCc5ccc(cc5CC4O)CC4C(=O)CCC5C4CC4CCCCC4C35O)C2)c1. The van der Waals surface area contributed by atoms with Crippen LogP contribution in [0.1, 0.15) is 172 Å². The number of phenols is 1. The molecule has 11 rings (SSSR count). The maximum absolute atomic E-state index is 16.1. The number of anilines is 1. The molecule has 0 saturated heterocycles. The lowest BCUT2D eigenvalue weighted by molar-refractivity contribution is -0.228. The molecule has 8 aliphatic rings. The van der Waals surface area contributed by atoms with Crippen LogP contribution in [-0.4, -0.2) is 86.9 Å². The number of benzene rings is 3.